The Labute approximate surface area is 171 Å². The molecule has 3 heterocycles. The van der Waals surface area contributed by atoms with Gasteiger partial charge in [-0.15, -0.1) is 11.3 Å². The lowest BCUT2D eigenvalue weighted by Crippen LogP contribution is -2.53. The van der Waals surface area contributed by atoms with Gasteiger partial charge in [0, 0.05) is 44.0 Å². The van der Waals surface area contributed by atoms with Gasteiger partial charge in [0.2, 0.25) is 5.91 Å². The maximum atomic E-state index is 12.6. The summed E-state index contributed by atoms with van der Waals surface area (Å²) in [7, 11) is 0. The van der Waals surface area contributed by atoms with Gasteiger partial charge in [-0.25, -0.2) is 9.97 Å². The number of piperazine rings is 1. The highest BCUT2D eigenvalue weighted by Crippen LogP contribution is 2.27. The largest absolute Gasteiger partial charge is 0.353 e. The lowest BCUT2D eigenvalue weighted by Gasteiger charge is -2.38. The number of carbonyl (C=O) groups is 1. The number of nitrogens with zero attached hydrogens (tertiary/aromatic N) is 5. The average Bonchev–Trinajstić information content (AvgIpc) is 3.22. The smallest absolute Gasteiger partial charge is 0.269 e. The molecule has 1 unspecified atom stereocenters. The van der Waals surface area contributed by atoms with E-state index in [9.17, 15) is 14.9 Å². The Bertz CT molecular complexity index is 1030. The molecule has 0 saturated carbocycles. The number of rotatable bonds is 5. The summed E-state index contributed by atoms with van der Waals surface area (Å²) in [4.78, 5) is 37.0. The Balaban J connectivity index is 1.36. The van der Waals surface area contributed by atoms with Crippen molar-refractivity contribution in [3.05, 3.63) is 52.2 Å². The molecule has 0 aliphatic carbocycles. The van der Waals surface area contributed by atoms with Gasteiger partial charge in [-0.1, -0.05) is 0 Å². The van der Waals surface area contributed by atoms with E-state index in [1.807, 2.05) is 18.4 Å². The molecule has 10 heteroatoms. The van der Waals surface area contributed by atoms with Crippen LogP contribution in [0, 0.1) is 10.1 Å². The molecule has 1 saturated heterocycles. The van der Waals surface area contributed by atoms with Gasteiger partial charge in [-0.2, -0.15) is 0 Å². The monoisotopic (exact) mass is 412 g/mol. The van der Waals surface area contributed by atoms with Crippen LogP contribution in [0.5, 0.6) is 0 Å². The van der Waals surface area contributed by atoms with E-state index in [0.717, 1.165) is 42.2 Å². The summed E-state index contributed by atoms with van der Waals surface area (Å²) in [6.45, 7) is 4.90. The first-order valence-corrected chi connectivity index (χ1v) is 10.1. The Kier molecular flexibility index (Phi) is 5.36. The number of anilines is 2. The first-order chi connectivity index (χ1) is 14.0. The molecule has 1 N–H and O–H groups in total. The number of amides is 1. The molecule has 0 spiro atoms. The van der Waals surface area contributed by atoms with Crippen molar-refractivity contribution in [3.63, 3.8) is 0 Å². The average molecular weight is 412 g/mol. The van der Waals surface area contributed by atoms with Gasteiger partial charge >= 0.3 is 0 Å². The third-order valence-electron chi connectivity index (χ3n) is 5.13. The molecule has 1 aliphatic heterocycles. The van der Waals surface area contributed by atoms with Crippen LogP contribution in [0.25, 0.3) is 10.2 Å². The van der Waals surface area contributed by atoms with E-state index in [0.29, 0.717) is 5.69 Å². The lowest BCUT2D eigenvalue weighted by molar-refractivity contribution is -0.384. The number of nitrogens with one attached hydrogen (secondary N) is 1. The fourth-order valence-electron chi connectivity index (χ4n) is 3.43. The standard InChI is InChI=1S/C19H20N6O3S/c1-13(18(26)22-14-2-4-15(5-3-14)25(27)28)23-7-9-24(10-8-23)17-16-6-11-29-19(16)21-12-20-17/h2-6,11-13H,7-10H2,1H3,(H,22,26). The van der Waals surface area contributed by atoms with Gasteiger partial charge in [-0.3, -0.25) is 19.8 Å². The van der Waals surface area contributed by atoms with E-state index < -0.39 is 4.92 Å². The fraction of sp³-hybridized carbons (Fsp3) is 0.316. The van der Waals surface area contributed by atoms with Gasteiger partial charge < -0.3 is 10.2 Å². The number of thiophene rings is 1. The van der Waals surface area contributed by atoms with Crippen LogP contribution in [-0.4, -0.2) is 57.9 Å². The first-order valence-electron chi connectivity index (χ1n) is 9.25. The Morgan fingerprint density at radius 3 is 2.59 bits per heavy atom. The van der Waals surface area contributed by atoms with E-state index in [1.54, 1.807) is 29.8 Å². The topological polar surface area (TPSA) is 104 Å². The molecule has 1 aromatic carbocycles. The number of carbonyl (C=O) groups excluding carboxylic acids is 1. The highest BCUT2D eigenvalue weighted by atomic mass is 32.1. The molecule has 150 valence electrons. The molecule has 0 bridgehead atoms. The fourth-order valence-corrected chi connectivity index (χ4v) is 4.16. The van der Waals surface area contributed by atoms with E-state index in [1.165, 1.54) is 12.1 Å². The molecule has 2 aromatic heterocycles. The van der Waals surface area contributed by atoms with Crippen LogP contribution in [0.2, 0.25) is 0 Å². The van der Waals surface area contributed by atoms with Gasteiger partial charge in [0.1, 0.15) is 17.0 Å². The van der Waals surface area contributed by atoms with Crippen molar-refractivity contribution in [1.82, 2.24) is 14.9 Å². The highest BCUT2D eigenvalue weighted by Gasteiger charge is 2.27. The van der Waals surface area contributed by atoms with E-state index >= 15 is 0 Å². The summed E-state index contributed by atoms with van der Waals surface area (Å²) in [5.41, 5.74) is 0.545. The van der Waals surface area contributed by atoms with E-state index in [4.69, 9.17) is 0 Å². The van der Waals surface area contributed by atoms with E-state index in [-0.39, 0.29) is 17.6 Å². The van der Waals surface area contributed by atoms with Crippen molar-refractivity contribution in [2.24, 2.45) is 0 Å². The minimum absolute atomic E-state index is 0.00313. The summed E-state index contributed by atoms with van der Waals surface area (Å²) >= 11 is 1.60. The van der Waals surface area contributed by atoms with Gasteiger partial charge in [-0.05, 0) is 30.5 Å². The van der Waals surface area contributed by atoms with Crippen LogP contribution in [0.15, 0.2) is 42.0 Å². The predicted molar refractivity (Wildman–Crippen MR) is 112 cm³/mol. The third kappa shape index (κ3) is 4.03. The quantitative estimate of drug-likeness (QED) is 0.507. The Hall–Kier alpha value is -3.11. The number of aromatic nitrogens is 2. The second kappa shape index (κ2) is 8.10. The number of nitro groups is 1. The van der Waals surface area contributed by atoms with Crippen molar-refractivity contribution in [2.75, 3.05) is 36.4 Å². The highest BCUT2D eigenvalue weighted by molar-refractivity contribution is 7.16. The van der Waals surface area contributed by atoms with Crippen LogP contribution in [0.1, 0.15) is 6.92 Å². The lowest BCUT2D eigenvalue weighted by atomic mass is 10.2. The Morgan fingerprint density at radius 2 is 1.90 bits per heavy atom. The molecule has 9 nitrogen and oxygen atoms in total. The van der Waals surface area contributed by atoms with Crippen molar-refractivity contribution in [1.29, 1.82) is 0 Å². The summed E-state index contributed by atoms with van der Waals surface area (Å²) in [5.74, 6) is 0.813. The van der Waals surface area contributed by atoms with Crippen molar-refractivity contribution >= 4 is 44.7 Å². The normalized spacial score (nSPS) is 16.0. The number of hydrogen-bond donors (Lipinski definition) is 1. The van der Waals surface area contributed by atoms with Crippen molar-refractivity contribution < 1.29 is 9.72 Å². The summed E-state index contributed by atoms with van der Waals surface area (Å²) in [6, 6.07) is 7.59. The molecule has 0 radical (unpaired) electrons. The molecule has 1 fully saturated rings. The number of nitro benzene ring substituents is 1. The maximum Gasteiger partial charge on any atom is 0.269 e. The maximum absolute atomic E-state index is 12.6. The summed E-state index contributed by atoms with van der Waals surface area (Å²) < 4.78 is 0. The molecule has 1 amide bonds. The van der Waals surface area contributed by atoms with Crippen LogP contribution >= 0.6 is 11.3 Å². The van der Waals surface area contributed by atoms with Gasteiger partial charge in [0.05, 0.1) is 16.4 Å². The summed E-state index contributed by atoms with van der Waals surface area (Å²) in [6.07, 6.45) is 1.60. The number of hydrogen-bond acceptors (Lipinski definition) is 8. The predicted octanol–water partition coefficient (Wildman–Crippen LogP) is 2.75. The third-order valence-corrected chi connectivity index (χ3v) is 5.95. The minimum Gasteiger partial charge on any atom is -0.353 e. The molecule has 1 aliphatic rings. The zero-order valence-corrected chi connectivity index (χ0v) is 16.6. The zero-order chi connectivity index (χ0) is 20.4. The first kappa shape index (κ1) is 19.2. The van der Waals surface area contributed by atoms with Crippen LogP contribution < -0.4 is 10.2 Å². The van der Waals surface area contributed by atoms with Crippen molar-refractivity contribution in [3.8, 4) is 0 Å². The van der Waals surface area contributed by atoms with Crippen LogP contribution in [0.4, 0.5) is 17.2 Å². The summed E-state index contributed by atoms with van der Waals surface area (Å²) in [5, 5.41) is 16.7. The Morgan fingerprint density at radius 1 is 1.17 bits per heavy atom. The van der Waals surface area contributed by atoms with Crippen LogP contribution in [0.3, 0.4) is 0 Å². The molecular formula is C19H20N6O3S. The van der Waals surface area contributed by atoms with Gasteiger partial charge in [0.15, 0.2) is 0 Å². The molecule has 29 heavy (non-hydrogen) atoms. The second-order valence-electron chi connectivity index (χ2n) is 6.83. The van der Waals surface area contributed by atoms with Crippen molar-refractivity contribution in [2.45, 2.75) is 13.0 Å². The van der Waals surface area contributed by atoms with Gasteiger partial charge in [0.25, 0.3) is 5.69 Å². The number of fused-ring (bicyclic) bond motifs is 1. The zero-order valence-electron chi connectivity index (χ0n) is 15.8. The molecular weight excluding hydrogens is 392 g/mol. The number of non-ortho nitro benzene ring substituents is 1. The number of benzene rings is 1. The second-order valence-corrected chi connectivity index (χ2v) is 7.72. The molecule has 3 aromatic rings. The molecule has 1 atom stereocenters. The minimum atomic E-state index is -0.463. The molecule has 4 rings (SSSR count). The SMILES string of the molecule is CC(C(=O)Nc1ccc([N+](=O)[O-])cc1)N1CCN(c2ncnc3sccc23)CC1. The van der Waals surface area contributed by atoms with E-state index in [2.05, 4.69) is 25.1 Å². The van der Waals surface area contributed by atoms with Crippen LogP contribution in [-0.2, 0) is 4.79 Å².